The fourth-order valence-electron chi connectivity index (χ4n) is 3.31. The number of H-pyrrole nitrogens is 1. The lowest BCUT2D eigenvalue weighted by molar-refractivity contribution is -0.694. The summed E-state index contributed by atoms with van der Waals surface area (Å²) in [6, 6.07) is 12.8. The average molecular weight is 464 g/mol. The normalized spacial score (nSPS) is 14.4. The number of morpholine rings is 1. The van der Waals surface area contributed by atoms with Gasteiger partial charge in [-0.15, -0.1) is 4.68 Å². The molecular weight excluding hydrogens is 443 g/mol. The number of anilines is 2. The fraction of sp³-hybridized carbons (Fsp3) is 0.286. The van der Waals surface area contributed by atoms with E-state index in [4.69, 9.17) is 4.74 Å². The van der Waals surface area contributed by atoms with Crippen molar-refractivity contribution in [2.75, 3.05) is 42.3 Å². The Balaban J connectivity index is 1.48. The van der Waals surface area contributed by atoms with Crippen LogP contribution in [0.25, 0.3) is 5.69 Å². The number of carbonyl (C=O) groups excluding carboxylic acids is 1. The number of carbonyl (C=O) groups is 1. The standard InChI is InChI=1S/C21H20F3N5O2S/c22-21(23,24)15-6-7-17(18(12-15)28-8-10-31-11-9-28)27-19(30)13-32-20-25-14-26-29(20)16-4-2-1-3-5-16/h1-7,12,14H,8-11,13H2,(H,27,30)/p+1. The van der Waals surface area contributed by atoms with Gasteiger partial charge in [-0.1, -0.05) is 18.2 Å². The third-order valence-corrected chi connectivity index (χ3v) is 5.80. The third-order valence-electron chi connectivity index (χ3n) is 4.85. The minimum absolute atomic E-state index is 0.0429. The Morgan fingerprint density at radius 3 is 2.66 bits per heavy atom. The van der Waals surface area contributed by atoms with Gasteiger partial charge in [0.15, 0.2) is 5.69 Å². The highest BCUT2D eigenvalue weighted by Crippen LogP contribution is 2.36. The minimum Gasteiger partial charge on any atom is -0.378 e. The lowest BCUT2D eigenvalue weighted by Gasteiger charge is -2.31. The van der Waals surface area contributed by atoms with Crippen molar-refractivity contribution in [1.82, 2.24) is 10.1 Å². The lowest BCUT2D eigenvalue weighted by Crippen LogP contribution is -2.37. The number of para-hydroxylation sites is 1. The van der Waals surface area contributed by atoms with Crippen LogP contribution in [0.4, 0.5) is 24.5 Å². The van der Waals surface area contributed by atoms with E-state index in [9.17, 15) is 18.0 Å². The predicted octanol–water partition coefficient (Wildman–Crippen LogP) is 3.27. The SMILES string of the molecule is O=C(CSc1nc[nH][n+]1-c1ccccc1)Nc1ccc(C(F)(F)F)cc1N1CCOCC1. The molecule has 1 saturated heterocycles. The van der Waals surface area contributed by atoms with Crippen molar-refractivity contribution in [3.05, 3.63) is 60.4 Å². The van der Waals surface area contributed by atoms with Gasteiger partial charge in [0.25, 0.3) is 0 Å². The number of nitrogens with one attached hydrogen (secondary N) is 2. The summed E-state index contributed by atoms with van der Waals surface area (Å²) in [5, 5.41) is 6.34. The molecule has 3 aromatic rings. The van der Waals surface area contributed by atoms with Crippen LogP contribution < -0.4 is 14.9 Å². The van der Waals surface area contributed by atoms with E-state index in [0.29, 0.717) is 42.8 Å². The number of ether oxygens (including phenoxy) is 1. The van der Waals surface area contributed by atoms with Crippen molar-refractivity contribution < 1.29 is 27.4 Å². The van der Waals surface area contributed by atoms with Crippen molar-refractivity contribution in [3.63, 3.8) is 0 Å². The largest absolute Gasteiger partial charge is 0.416 e. The molecule has 0 bridgehead atoms. The van der Waals surface area contributed by atoms with Crippen molar-refractivity contribution in [3.8, 4) is 5.69 Å². The quantitative estimate of drug-likeness (QED) is 0.433. The van der Waals surface area contributed by atoms with Crippen molar-refractivity contribution in [1.29, 1.82) is 0 Å². The average Bonchev–Trinajstić information content (AvgIpc) is 3.27. The first kappa shape index (κ1) is 22.2. The molecule has 7 nitrogen and oxygen atoms in total. The van der Waals surface area contributed by atoms with Gasteiger partial charge >= 0.3 is 11.3 Å². The van der Waals surface area contributed by atoms with Gasteiger partial charge in [0.05, 0.1) is 35.9 Å². The number of hydrogen-bond donors (Lipinski definition) is 2. The third kappa shape index (κ3) is 5.22. The van der Waals surface area contributed by atoms with Crippen LogP contribution in [-0.2, 0) is 15.7 Å². The second-order valence-electron chi connectivity index (χ2n) is 7.01. The Bertz CT molecular complexity index is 1070. The van der Waals surface area contributed by atoms with Crippen molar-refractivity contribution in [2.45, 2.75) is 11.3 Å². The van der Waals surface area contributed by atoms with E-state index >= 15 is 0 Å². The van der Waals surface area contributed by atoms with E-state index in [1.54, 1.807) is 9.58 Å². The van der Waals surface area contributed by atoms with Crippen LogP contribution in [0, 0.1) is 0 Å². The summed E-state index contributed by atoms with van der Waals surface area (Å²) in [4.78, 5) is 18.7. The van der Waals surface area contributed by atoms with Gasteiger partial charge in [-0.3, -0.25) is 4.79 Å². The second-order valence-corrected chi connectivity index (χ2v) is 7.95. The zero-order valence-corrected chi connectivity index (χ0v) is 17.7. The molecule has 2 N–H and O–H groups in total. The summed E-state index contributed by atoms with van der Waals surface area (Å²) >= 11 is 1.22. The Kier molecular flexibility index (Phi) is 6.66. The number of thioether (sulfide) groups is 1. The number of aromatic nitrogens is 3. The molecule has 1 aliphatic rings. The monoisotopic (exact) mass is 464 g/mol. The zero-order chi connectivity index (χ0) is 22.6. The Hall–Kier alpha value is -3.05. The number of hydrogen-bond acceptors (Lipinski definition) is 5. The highest BCUT2D eigenvalue weighted by Gasteiger charge is 2.32. The van der Waals surface area contributed by atoms with Crippen molar-refractivity contribution in [2.24, 2.45) is 0 Å². The topological polar surface area (TPSA) is 74.1 Å². The molecule has 32 heavy (non-hydrogen) atoms. The molecule has 0 unspecified atom stereocenters. The van der Waals surface area contributed by atoms with E-state index in [0.717, 1.165) is 17.8 Å². The number of rotatable bonds is 6. The fourth-order valence-corrected chi connectivity index (χ4v) is 4.06. The summed E-state index contributed by atoms with van der Waals surface area (Å²) in [5.41, 5.74) is 0.779. The molecule has 1 fully saturated rings. The van der Waals surface area contributed by atoms with Gasteiger partial charge in [-0.25, -0.2) is 0 Å². The van der Waals surface area contributed by atoms with E-state index < -0.39 is 11.7 Å². The van der Waals surface area contributed by atoms with E-state index in [-0.39, 0.29) is 11.7 Å². The maximum atomic E-state index is 13.2. The van der Waals surface area contributed by atoms with Crippen LogP contribution >= 0.6 is 11.8 Å². The Labute approximate surface area is 186 Å². The molecule has 11 heteroatoms. The number of halogens is 3. The van der Waals surface area contributed by atoms with Gasteiger partial charge in [0.1, 0.15) is 0 Å². The molecule has 0 spiro atoms. The molecule has 0 radical (unpaired) electrons. The molecule has 2 heterocycles. The first-order chi connectivity index (χ1) is 15.4. The Morgan fingerprint density at radius 1 is 1.19 bits per heavy atom. The van der Waals surface area contributed by atoms with Crippen LogP contribution in [-0.4, -0.2) is 48.0 Å². The highest BCUT2D eigenvalue weighted by atomic mass is 32.2. The van der Waals surface area contributed by atoms with Gasteiger partial charge < -0.3 is 15.0 Å². The van der Waals surface area contributed by atoms with Gasteiger partial charge in [-0.2, -0.15) is 18.3 Å². The number of benzene rings is 2. The first-order valence-electron chi connectivity index (χ1n) is 9.89. The molecule has 1 amide bonds. The second kappa shape index (κ2) is 9.61. The highest BCUT2D eigenvalue weighted by molar-refractivity contribution is 7.99. The minimum atomic E-state index is -4.47. The molecule has 2 aromatic carbocycles. The van der Waals surface area contributed by atoms with E-state index in [1.165, 1.54) is 24.2 Å². The maximum absolute atomic E-state index is 13.2. The lowest BCUT2D eigenvalue weighted by atomic mass is 10.1. The summed E-state index contributed by atoms with van der Waals surface area (Å²) < 4.78 is 46.8. The molecular formula is C21H21F3N5O2S+. The van der Waals surface area contributed by atoms with Crippen LogP contribution in [0.5, 0.6) is 0 Å². The number of amides is 1. The first-order valence-corrected chi connectivity index (χ1v) is 10.9. The van der Waals surface area contributed by atoms with E-state index in [2.05, 4.69) is 15.4 Å². The molecule has 4 rings (SSSR count). The smallest absolute Gasteiger partial charge is 0.378 e. The van der Waals surface area contributed by atoms with Crippen LogP contribution in [0.15, 0.2) is 60.0 Å². The maximum Gasteiger partial charge on any atom is 0.416 e. The summed E-state index contributed by atoms with van der Waals surface area (Å²) in [7, 11) is 0. The number of aromatic amines is 1. The summed E-state index contributed by atoms with van der Waals surface area (Å²) in [5.74, 6) is -0.298. The summed E-state index contributed by atoms with van der Waals surface area (Å²) in [6.45, 7) is 1.73. The molecule has 0 saturated carbocycles. The Morgan fingerprint density at radius 2 is 1.94 bits per heavy atom. The molecule has 1 aromatic heterocycles. The predicted molar refractivity (Wildman–Crippen MR) is 114 cm³/mol. The van der Waals surface area contributed by atoms with Gasteiger partial charge in [0, 0.05) is 13.1 Å². The number of alkyl halides is 3. The number of nitrogens with zero attached hydrogens (tertiary/aromatic N) is 3. The van der Waals surface area contributed by atoms with Crippen LogP contribution in [0.1, 0.15) is 5.56 Å². The summed E-state index contributed by atoms with van der Waals surface area (Å²) in [6.07, 6.45) is -2.94. The molecule has 1 aliphatic heterocycles. The van der Waals surface area contributed by atoms with E-state index in [1.807, 2.05) is 30.3 Å². The molecule has 168 valence electrons. The zero-order valence-electron chi connectivity index (χ0n) is 16.9. The van der Waals surface area contributed by atoms with Crippen molar-refractivity contribution >= 4 is 29.0 Å². The molecule has 0 atom stereocenters. The van der Waals surface area contributed by atoms with Crippen LogP contribution in [0.2, 0.25) is 0 Å². The molecule has 0 aliphatic carbocycles. The van der Waals surface area contributed by atoms with Gasteiger partial charge in [0.2, 0.25) is 12.2 Å². The van der Waals surface area contributed by atoms with Crippen LogP contribution in [0.3, 0.4) is 0 Å². The van der Waals surface area contributed by atoms with Gasteiger partial charge in [-0.05, 0) is 47.1 Å².